The SMILES string of the molecule is CC(C)(C)c1ccc(-c2oc3ccc(Cl)cc3c(=O)c2OCCOc2cccc3ccccc23)cc1. The number of fused-ring (bicyclic) bond motifs is 2. The molecule has 0 amide bonds. The van der Waals surface area contributed by atoms with Gasteiger partial charge in [0.25, 0.3) is 0 Å². The van der Waals surface area contributed by atoms with E-state index in [-0.39, 0.29) is 29.8 Å². The van der Waals surface area contributed by atoms with Gasteiger partial charge in [-0.25, -0.2) is 0 Å². The third-order valence-corrected chi connectivity index (χ3v) is 6.40. The van der Waals surface area contributed by atoms with Crippen LogP contribution in [0, 0.1) is 0 Å². The van der Waals surface area contributed by atoms with E-state index in [1.807, 2.05) is 54.6 Å². The van der Waals surface area contributed by atoms with E-state index in [1.165, 1.54) is 5.56 Å². The van der Waals surface area contributed by atoms with E-state index in [2.05, 4.69) is 32.9 Å². The van der Waals surface area contributed by atoms with Crippen molar-refractivity contribution in [1.29, 1.82) is 0 Å². The average Bonchev–Trinajstić information content (AvgIpc) is 2.87. The lowest BCUT2D eigenvalue weighted by atomic mass is 9.86. The van der Waals surface area contributed by atoms with Crippen LogP contribution in [-0.4, -0.2) is 13.2 Å². The molecule has 5 aromatic rings. The summed E-state index contributed by atoms with van der Waals surface area (Å²) in [7, 11) is 0. The first-order chi connectivity index (χ1) is 17.3. The summed E-state index contributed by atoms with van der Waals surface area (Å²) in [6.45, 7) is 6.92. The molecule has 0 aliphatic heterocycles. The molecule has 1 aromatic heterocycles. The Morgan fingerprint density at radius 2 is 1.53 bits per heavy atom. The van der Waals surface area contributed by atoms with Crippen LogP contribution in [-0.2, 0) is 5.41 Å². The van der Waals surface area contributed by atoms with Crippen molar-refractivity contribution < 1.29 is 13.9 Å². The molecule has 4 nitrogen and oxygen atoms in total. The van der Waals surface area contributed by atoms with Gasteiger partial charge in [-0.2, -0.15) is 0 Å². The molecule has 4 aromatic carbocycles. The van der Waals surface area contributed by atoms with E-state index >= 15 is 0 Å². The molecule has 1 heterocycles. The van der Waals surface area contributed by atoms with Crippen LogP contribution in [0.3, 0.4) is 0 Å². The maximum absolute atomic E-state index is 13.5. The molecule has 5 heteroatoms. The first-order valence-corrected chi connectivity index (χ1v) is 12.3. The topological polar surface area (TPSA) is 48.7 Å². The van der Waals surface area contributed by atoms with Gasteiger partial charge in [0.15, 0.2) is 5.76 Å². The van der Waals surface area contributed by atoms with Gasteiger partial charge in [0.2, 0.25) is 11.2 Å². The number of benzene rings is 4. The van der Waals surface area contributed by atoms with Crippen molar-refractivity contribution in [2.24, 2.45) is 0 Å². The van der Waals surface area contributed by atoms with E-state index in [1.54, 1.807) is 18.2 Å². The van der Waals surface area contributed by atoms with E-state index < -0.39 is 0 Å². The zero-order valence-electron chi connectivity index (χ0n) is 20.5. The summed E-state index contributed by atoms with van der Waals surface area (Å²) < 4.78 is 18.2. The van der Waals surface area contributed by atoms with E-state index in [9.17, 15) is 4.79 Å². The second-order valence-electron chi connectivity index (χ2n) is 9.73. The molecule has 0 atom stereocenters. The molecular formula is C31H27ClO4. The Balaban J connectivity index is 1.45. The predicted octanol–water partition coefficient (Wildman–Crippen LogP) is 8.02. The van der Waals surface area contributed by atoms with Gasteiger partial charge in [0, 0.05) is 16.0 Å². The van der Waals surface area contributed by atoms with Gasteiger partial charge in [-0.3, -0.25) is 4.79 Å². The van der Waals surface area contributed by atoms with Crippen LogP contribution in [0.4, 0.5) is 0 Å². The van der Waals surface area contributed by atoms with Crippen LogP contribution < -0.4 is 14.9 Å². The van der Waals surface area contributed by atoms with Crippen molar-refractivity contribution in [2.45, 2.75) is 26.2 Å². The highest BCUT2D eigenvalue weighted by Gasteiger charge is 2.20. The number of halogens is 1. The molecule has 0 N–H and O–H groups in total. The predicted molar refractivity (Wildman–Crippen MR) is 147 cm³/mol. The van der Waals surface area contributed by atoms with Gasteiger partial charge >= 0.3 is 0 Å². The number of hydrogen-bond donors (Lipinski definition) is 0. The Labute approximate surface area is 215 Å². The second kappa shape index (κ2) is 9.71. The summed E-state index contributed by atoms with van der Waals surface area (Å²) >= 11 is 6.16. The lowest BCUT2D eigenvalue weighted by Gasteiger charge is -2.19. The smallest absolute Gasteiger partial charge is 0.235 e. The fourth-order valence-corrected chi connectivity index (χ4v) is 4.38. The molecule has 0 saturated carbocycles. The van der Waals surface area contributed by atoms with Gasteiger partial charge in [-0.05, 0) is 40.6 Å². The third-order valence-electron chi connectivity index (χ3n) is 6.16. The fraction of sp³-hybridized carbons (Fsp3) is 0.194. The van der Waals surface area contributed by atoms with Crippen molar-refractivity contribution >= 4 is 33.3 Å². The van der Waals surface area contributed by atoms with Crippen LogP contribution in [0.5, 0.6) is 11.5 Å². The van der Waals surface area contributed by atoms with Crippen molar-refractivity contribution in [1.82, 2.24) is 0 Å². The minimum Gasteiger partial charge on any atom is -0.489 e. The second-order valence-corrected chi connectivity index (χ2v) is 10.2. The first-order valence-electron chi connectivity index (χ1n) is 11.9. The van der Waals surface area contributed by atoms with E-state index in [0.29, 0.717) is 21.8 Å². The standard InChI is InChI=1S/C31H27ClO4/c1-31(2,3)22-13-11-21(12-14-22)29-30(28(33)25-19-23(32)15-16-27(25)36-29)35-18-17-34-26-10-6-8-20-7-4-5-9-24(20)26/h4-16,19H,17-18H2,1-3H3. The minimum atomic E-state index is -0.265. The molecule has 0 saturated heterocycles. The van der Waals surface area contributed by atoms with Gasteiger partial charge in [0.05, 0.1) is 5.39 Å². The summed E-state index contributed by atoms with van der Waals surface area (Å²) in [5.74, 6) is 1.31. The van der Waals surface area contributed by atoms with Gasteiger partial charge in [-0.15, -0.1) is 0 Å². The van der Waals surface area contributed by atoms with Crippen LogP contribution in [0.1, 0.15) is 26.3 Å². The molecule has 0 bridgehead atoms. The van der Waals surface area contributed by atoms with Crippen molar-refractivity contribution in [3.8, 4) is 22.8 Å². The molecule has 0 aliphatic rings. The van der Waals surface area contributed by atoms with Gasteiger partial charge in [0.1, 0.15) is 24.5 Å². The average molecular weight is 499 g/mol. The largest absolute Gasteiger partial charge is 0.489 e. The third kappa shape index (κ3) is 4.82. The molecule has 0 aliphatic carbocycles. The van der Waals surface area contributed by atoms with Crippen molar-refractivity contribution in [2.75, 3.05) is 13.2 Å². The van der Waals surface area contributed by atoms with Gasteiger partial charge < -0.3 is 13.9 Å². The molecular weight excluding hydrogens is 472 g/mol. The van der Waals surface area contributed by atoms with Crippen molar-refractivity contribution in [3.63, 3.8) is 0 Å². The summed E-state index contributed by atoms with van der Waals surface area (Å²) in [6.07, 6.45) is 0. The van der Waals surface area contributed by atoms with Crippen LogP contribution in [0.25, 0.3) is 33.1 Å². The Kier molecular flexibility index (Phi) is 6.46. The van der Waals surface area contributed by atoms with Crippen LogP contribution in [0.2, 0.25) is 5.02 Å². The van der Waals surface area contributed by atoms with Crippen molar-refractivity contribution in [3.05, 3.63) is 106 Å². The molecule has 36 heavy (non-hydrogen) atoms. The highest BCUT2D eigenvalue weighted by molar-refractivity contribution is 6.31. The molecule has 0 fully saturated rings. The highest BCUT2D eigenvalue weighted by atomic mass is 35.5. The zero-order chi connectivity index (χ0) is 25.3. The highest BCUT2D eigenvalue weighted by Crippen LogP contribution is 2.33. The Morgan fingerprint density at radius 3 is 2.31 bits per heavy atom. The van der Waals surface area contributed by atoms with Crippen LogP contribution >= 0.6 is 11.6 Å². The fourth-order valence-electron chi connectivity index (χ4n) is 4.21. The monoisotopic (exact) mass is 498 g/mol. The quantitative estimate of drug-likeness (QED) is 0.222. The number of hydrogen-bond acceptors (Lipinski definition) is 4. The summed E-state index contributed by atoms with van der Waals surface area (Å²) in [6, 6.07) is 27.0. The maximum Gasteiger partial charge on any atom is 0.235 e. The number of rotatable bonds is 6. The van der Waals surface area contributed by atoms with E-state index in [0.717, 1.165) is 22.1 Å². The lowest BCUT2D eigenvalue weighted by Crippen LogP contribution is -2.15. The summed E-state index contributed by atoms with van der Waals surface area (Å²) in [5.41, 5.74) is 2.16. The zero-order valence-corrected chi connectivity index (χ0v) is 21.3. The Hall–Kier alpha value is -3.76. The van der Waals surface area contributed by atoms with Gasteiger partial charge in [-0.1, -0.05) is 93.0 Å². The molecule has 0 radical (unpaired) electrons. The molecule has 5 rings (SSSR count). The Morgan fingerprint density at radius 1 is 0.806 bits per heavy atom. The molecule has 0 spiro atoms. The maximum atomic E-state index is 13.5. The Bertz CT molecular complexity index is 1590. The van der Waals surface area contributed by atoms with E-state index in [4.69, 9.17) is 25.5 Å². The first kappa shape index (κ1) is 24.0. The molecule has 0 unspecified atom stereocenters. The lowest BCUT2D eigenvalue weighted by molar-refractivity contribution is 0.216. The summed E-state index contributed by atoms with van der Waals surface area (Å²) in [5, 5.41) is 2.97. The normalized spacial score (nSPS) is 11.7. The molecule has 182 valence electrons. The number of ether oxygens (including phenoxy) is 2. The summed E-state index contributed by atoms with van der Waals surface area (Å²) in [4.78, 5) is 13.5. The minimum absolute atomic E-state index is 0.0117. The van der Waals surface area contributed by atoms with Crippen LogP contribution in [0.15, 0.2) is 94.1 Å².